The second kappa shape index (κ2) is 6.76. The summed E-state index contributed by atoms with van der Waals surface area (Å²) < 4.78 is 11.1. The van der Waals surface area contributed by atoms with Gasteiger partial charge in [-0.1, -0.05) is 13.8 Å². The first-order valence-electron chi connectivity index (χ1n) is 7.20. The average molecular weight is 252 g/mol. The highest BCUT2D eigenvalue weighted by Crippen LogP contribution is 2.15. The van der Waals surface area contributed by atoms with Crippen molar-refractivity contribution >= 4 is 11.8 Å². The highest BCUT2D eigenvalue weighted by atomic mass is 16.5. The molecule has 0 aromatic carbocycles. The Morgan fingerprint density at radius 3 is 1.67 bits per heavy atom. The van der Waals surface area contributed by atoms with Crippen LogP contribution >= 0.6 is 0 Å². The van der Waals surface area contributed by atoms with E-state index in [0.29, 0.717) is 12.1 Å². The van der Waals surface area contributed by atoms with E-state index < -0.39 is 0 Å². The van der Waals surface area contributed by atoms with Crippen molar-refractivity contribution in [1.29, 1.82) is 0 Å². The fourth-order valence-electron chi connectivity index (χ4n) is 2.19. The number of ether oxygens (including phenoxy) is 2. The summed E-state index contributed by atoms with van der Waals surface area (Å²) in [6.45, 7) is 5.86. The van der Waals surface area contributed by atoms with E-state index >= 15 is 0 Å². The maximum atomic E-state index is 5.55. The van der Waals surface area contributed by atoms with Crippen LogP contribution in [0.2, 0.25) is 0 Å². The van der Waals surface area contributed by atoms with Crippen molar-refractivity contribution in [2.24, 2.45) is 9.98 Å². The molecule has 0 bridgehead atoms. The molecule has 18 heavy (non-hydrogen) atoms. The number of unbranched alkanes of at least 4 members (excludes halogenated alkanes) is 1. The average Bonchev–Trinajstić information content (AvgIpc) is 3.03. The summed E-state index contributed by atoms with van der Waals surface area (Å²) in [6, 6.07) is 0.792. The van der Waals surface area contributed by atoms with Crippen LogP contribution in [-0.4, -0.2) is 37.1 Å². The van der Waals surface area contributed by atoms with Gasteiger partial charge in [-0.15, -0.1) is 0 Å². The van der Waals surface area contributed by atoms with Crippen LogP contribution in [0.25, 0.3) is 0 Å². The van der Waals surface area contributed by atoms with Gasteiger partial charge < -0.3 is 9.47 Å². The predicted molar refractivity (Wildman–Crippen MR) is 73.4 cm³/mol. The summed E-state index contributed by atoms with van der Waals surface area (Å²) in [6.07, 6.45) is 6.28. The molecule has 0 radical (unpaired) electrons. The van der Waals surface area contributed by atoms with Gasteiger partial charge in [0.05, 0.1) is 12.1 Å². The van der Waals surface area contributed by atoms with Crippen molar-refractivity contribution in [2.45, 2.75) is 64.5 Å². The Morgan fingerprint density at radius 2 is 1.33 bits per heavy atom. The molecule has 0 fully saturated rings. The second-order valence-corrected chi connectivity index (χ2v) is 5.00. The smallest absolute Gasteiger partial charge is 0.183 e. The third kappa shape index (κ3) is 3.72. The monoisotopic (exact) mass is 252 g/mol. The molecule has 0 amide bonds. The van der Waals surface area contributed by atoms with E-state index in [1.54, 1.807) is 0 Å². The highest BCUT2D eigenvalue weighted by Gasteiger charge is 2.18. The third-order valence-electron chi connectivity index (χ3n) is 3.51. The molecule has 0 unspecified atom stereocenters. The van der Waals surface area contributed by atoms with Gasteiger partial charge in [0.15, 0.2) is 11.8 Å². The Bertz CT molecular complexity index is 294. The number of rotatable bonds is 7. The van der Waals surface area contributed by atoms with Crippen LogP contribution in [0.5, 0.6) is 0 Å². The van der Waals surface area contributed by atoms with Crippen molar-refractivity contribution in [3.63, 3.8) is 0 Å². The molecule has 0 aliphatic carbocycles. The zero-order valence-electron chi connectivity index (χ0n) is 11.5. The van der Waals surface area contributed by atoms with E-state index in [4.69, 9.17) is 9.47 Å². The first-order chi connectivity index (χ1) is 8.81. The normalized spacial score (nSPS) is 26.6. The molecule has 0 N–H and O–H groups in total. The fraction of sp³-hybridized carbons (Fsp3) is 0.857. The SMILES string of the molecule is CC[C@@H]1COC(CCCCC2=N[C@H](CC)CO2)=N1. The summed E-state index contributed by atoms with van der Waals surface area (Å²) in [5, 5.41) is 0. The molecule has 0 aromatic rings. The van der Waals surface area contributed by atoms with Gasteiger partial charge in [0.1, 0.15) is 13.2 Å². The Hall–Kier alpha value is -1.06. The van der Waals surface area contributed by atoms with Gasteiger partial charge in [0.2, 0.25) is 0 Å². The minimum Gasteiger partial charge on any atom is -0.479 e. The molecule has 2 rings (SSSR count). The van der Waals surface area contributed by atoms with Gasteiger partial charge in [-0.05, 0) is 25.7 Å². The third-order valence-corrected chi connectivity index (χ3v) is 3.51. The Morgan fingerprint density at radius 1 is 0.889 bits per heavy atom. The van der Waals surface area contributed by atoms with Gasteiger partial charge in [0.25, 0.3) is 0 Å². The van der Waals surface area contributed by atoms with Crippen LogP contribution in [0.15, 0.2) is 9.98 Å². The van der Waals surface area contributed by atoms with Crippen LogP contribution in [0.4, 0.5) is 0 Å². The molecule has 102 valence electrons. The van der Waals surface area contributed by atoms with E-state index in [9.17, 15) is 0 Å². The lowest BCUT2D eigenvalue weighted by atomic mass is 10.2. The van der Waals surface area contributed by atoms with Crippen LogP contribution < -0.4 is 0 Å². The Balaban J connectivity index is 1.59. The van der Waals surface area contributed by atoms with Crippen LogP contribution in [0.1, 0.15) is 52.4 Å². The molecule has 2 aliphatic heterocycles. The summed E-state index contributed by atoms with van der Waals surface area (Å²) in [4.78, 5) is 9.07. The maximum absolute atomic E-state index is 5.55. The zero-order valence-corrected chi connectivity index (χ0v) is 11.5. The summed E-state index contributed by atoms with van der Waals surface area (Å²) in [7, 11) is 0. The van der Waals surface area contributed by atoms with Crippen molar-refractivity contribution in [1.82, 2.24) is 0 Å². The van der Waals surface area contributed by atoms with Crippen LogP contribution in [-0.2, 0) is 9.47 Å². The van der Waals surface area contributed by atoms with Gasteiger partial charge in [-0.2, -0.15) is 0 Å². The van der Waals surface area contributed by atoms with E-state index in [-0.39, 0.29) is 0 Å². The number of nitrogens with zero attached hydrogens (tertiary/aromatic N) is 2. The summed E-state index contributed by atoms with van der Waals surface area (Å²) in [5.74, 6) is 1.89. The largest absolute Gasteiger partial charge is 0.479 e. The zero-order chi connectivity index (χ0) is 12.8. The lowest BCUT2D eigenvalue weighted by Crippen LogP contribution is -2.04. The molecule has 2 aliphatic rings. The molecule has 4 nitrogen and oxygen atoms in total. The minimum absolute atomic E-state index is 0.396. The quantitative estimate of drug-likeness (QED) is 0.654. The minimum atomic E-state index is 0.396. The first-order valence-corrected chi connectivity index (χ1v) is 7.20. The fourth-order valence-corrected chi connectivity index (χ4v) is 2.19. The number of aliphatic imine (C=N–C) groups is 2. The second-order valence-electron chi connectivity index (χ2n) is 5.00. The maximum Gasteiger partial charge on any atom is 0.183 e. The van der Waals surface area contributed by atoms with Crippen molar-refractivity contribution in [3.8, 4) is 0 Å². The topological polar surface area (TPSA) is 43.2 Å². The van der Waals surface area contributed by atoms with Crippen molar-refractivity contribution < 1.29 is 9.47 Å². The van der Waals surface area contributed by atoms with Gasteiger partial charge in [-0.25, -0.2) is 9.98 Å². The molecule has 0 spiro atoms. The van der Waals surface area contributed by atoms with Gasteiger partial charge in [0, 0.05) is 12.8 Å². The van der Waals surface area contributed by atoms with Crippen LogP contribution in [0.3, 0.4) is 0 Å². The molecule has 2 atom stereocenters. The molecule has 2 heterocycles. The standard InChI is InChI=1S/C14H24N2O2/c1-3-11-9-17-13(15-11)7-5-6-8-14-16-12(4-2)10-18-14/h11-12H,3-10H2,1-2H3/t11-,12-/m1/s1. The van der Waals surface area contributed by atoms with Gasteiger partial charge in [-0.3, -0.25) is 0 Å². The molecular weight excluding hydrogens is 228 g/mol. The van der Waals surface area contributed by atoms with Crippen molar-refractivity contribution in [3.05, 3.63) is 0 Å². The molecule has 4 heteroatoms. The summed E-state index contributed by atoms with van der Waals surface area (Å²) in [5.41, 5.74) is 0. The molecule has 0 aromatic heterocycles. The predicted octanol–water partition coefficient (Wildman–Crippen LogP) is 2.96. The van der Waals surface area contributed by atoms with E-state index in [0.717, 1.165) is 63.5 Å². The molecular formula is C14H24N2O2. The summed E-state index contributed by atoms with van der Waals surface area (Å²) >= 11 is 0. The Kier molecular flexibility index (Phi) is 5.02. The lowest BCUT2D eigenvalue weighted by Gasteiger charge is -2.02. The van der Waals surface area contributed by atoms with E-state index in [1.165, 1.54) is 0 Å². The molecule has 0 saturated heterocycles. The van der Waals surface area contributed by atoms with E-state index in [2.05, 4.69) is 23.8 Å². The lowest BCUT2D eigenvalue weighted by molar-refractivity contribution is 0.303. The van der Waals surface area contributed by atoms with Gasteiger partial charge >= 0.3 is 0 Å². The highest BCUT2D eigenvalue weighted by molar-refractivity contribution is 5.78. The Labute approximate surface area is 109 Å². The first kappa shape index (κ1) is 13.4. The van der Waals surface area contributed by atoms with Crippen LogP contribution in [0, 0.1) is 0 Å². The molecule has 0 saturated carbocycles. The number of hydrogen-bond donors (Lipinski definition) is 0. The van der Waals surface area contributed by atoms with E-state index in [1.807, 2.05) is 0 Å². The van der Waals surface area contributed by atoms with Crippen molar-refractivity contribution in [2.75, 3.05) is 13.2 Å². The number of hydrogen-bond acceptors (Lipinski definition) is 4.